The van der Waals surface area contributed by atoms with Gasteiger partial charge in [0.1, 0.15) is 0 Å². The summed E-state index contributed by atoms with van der Waals surface area (Å²) in [6.07, 6.45) is 2.13. The second-order valence-electron chi connectivity index (χ2n) is 3.16. The van der Waals surface area contributed by atoms with Gasteiger partial charge in [-0.25, -0.2) is 0 Å². The molecule has 1 aliphatic heterocycles. The normalized spacial score (nSPS) is 22.4. The minimum absolute atomic E-state index is 0.538. The smallest absolute Gasteiger partial charge is 0.0469 e. The largest absolute Gasteiger partial charge is 0.381 e. The van der Waals surface area contributed by atoms with Crippen LogP contribution < -0.4 is 5.73 Å². The van der Waals surface area contributed by atoms with Gasteiger partial charge in [-0.05, 0) is 18.8 Å². The zero-order chi connectivity index (χ0) is 8.81. The molecule has 0 bridgehead atoms. The van der Waals surface area contributed by atoms with Crippen molar-refractivity contribution in [3.05, 3.63) is 0 Å². The molecule has 72 valence electrons. The van der Waals surface area contributed by atoms with Crippen LogP contribution in [0.2, 0.25) is 0 Å². The van der Waals surface area contributed by atoms with E-state index in [2.05, 4.69) is 0 Å². The Bertz CT molecular complexity index is 146. The van der Waals surface area contributed by atoms with Gasteiger partial charge >= 0.3 is 0 Å². The van der Waals surface area contributed by atoms with Crippen LogP contribution in [0.4, 0.5) is 0 Å². The average Bonchev–Trinajstić information content (AvgIpc) is 2.06. The fourth-order valence-electron chi connectivity index (χ4n) is 1.39. The predicted octanol–water partition coefficient (Wildman–Crippen LogP) is 0.120. The first-order chi connectivity index (χ1) is 5.83. The van der Waals surface area contributed by atoms with E-state index in [9.17, 15) is 4.21 Å². The van der Waals surface area contributed by atoms with Crippen molar-refractivity contribution in [1.82, 2.24) is 0 Å². The van der Waals surface area contributed by atoms with Crippen LogP contribution in [-0.4, -0.2) is 35.5 Å². The molecular formula is C8H17NO2S. The van der Waals surface area contributed by atoms with Crippen molar-refractivity contribution in [3.8, 4) is 0 Å². The molecule has 1 aliphatic rings. The zero-order valence-electron chi connectivity index (χ0n) is 7.33. The topological polar surface area (TPSA) is 52.3 Å². The van der Waals surface area contributed by atoms with E-state index in [1.54, 1.807) is 0 Å². The van der Waals surface area contributed by atoms with Gasteiger partial charge in [0, 0.05) is 42.1 Å². The molecule has 0 radical (unpaired) electrons. The van der Waals surface area contributed by atoms with Crippen molar-refractivity contribution in [2.45, 2.75) is 12.8 Å². The van der Waals surface area contributed by atoms with Gasteiger partial charge in [-0.3, -0.25) is 4.21 Å². The molecule has 12 heavy (non-hydrogen) atoms. The molecular weight excluding hydrogens is 174 g/mol. The van der Waals surface area contributed by atoms with E-state index in [0.29, 0.717) is 18.2 Å². The molecule has 1 atom stereocenters. The third-order valence-electron chi connectivity index (χ3n) is 2.11. The van der Waals surface area contributed by atoms with Gasteiger partial charge in [0.15, 0.2) is 0 Å². The van der Waals surface area contributed by atoms with Crippen molar-refractivity contribution in [2.75, 3.05) is 31.3 Å². The van der Waals surface area contributed by atoms with E-state index in [1.807, 2.05) is 0 Å². The fraction of sp³-hybridized carbons (Fsp3) is 1.00. The van der Waals surface area contributed by atoms with Crippen LogP contribution in [0, 0.1) is 5.92 Å². The van der Waals surface area contributed by atoms with E-state index in [4.69, 9.17) is 10.5 Å². The van der Waals surface area contributed by atoms with Crippen LogP contribution in [0.3, 0.4) is 0 Å². The number of hydrogen-bond acceptors (Lipinski definition) is 3. The van der Waals surface area contributed by atoms with E-state index in [0.717, 1.165) is 31.8 Å². The molecule has 0 saturated carbocycles. The van der Waals surface area contributed by atoms with Crippen molar-refractivity contribution in [3.63, 3.8) is 0 Å². The summed E-state index contributed by atoms with van der Waals surface area (Å²) in [5, 5.41) is 0. The minimum atomic E-state index is -0.698. The molecule has 1 unspecified atom stereocenters. The van der Waals surface area contributed by atoms with Crippen LogP contribution in [0.15, 0.2) is 0 Å². The quantitative estimate of drug-likeness (QED) is 0.686. The summed E-state index contributed by atoms with van der Waals surface area (Å²) in [6.45, 7) is 2.21. The molecule has 0 aromatic heterocycles. The lowest BCUT2D eigenvalue weighted by atomic mass is 10.0. The van der Waals surface area contributed by atoms with Gasteiger partial charge in [0.2, 0.25) is 0 Å². The van der Waals surface area contributed by atoms with Gasteiger partial charge in [0.05, 0.1) is 0 Å². The van der Waals surface area contributed by atoms with Crippen LogP contribution in [0.1, 0.15) is 12.8 Å². The highest BCUT2D eigenvalue weighted by Gasteiger charge is 2.15. The molecule has 0 amide bonds. The maximum atomic E-state index is 11.3. The zero-order valence-corrected chi connectivity index (χ0v) is 8.15. The van der Waals surface area contributed by atoms with Crippen molar-refractivity contribution < 1.29 is 8.95 Å². The lowest BCUT2D eigenvalue weighted by molar-refractivity contribution is 0.0726. The SMILES string of the molecule is NCCS(=O)CC1CCOCC1. The number of nitrogens with two attached hydrogens (primary N) is 1. The highest BCUT2D eigenvalue weighted by molar-refractivity contribution is 7.85. The Morgan fingerprint density at radius 3 is 2.67 bits per heavy atom. The Hall–Kier alpha value is 0.0700. The van der Waals surface area contributed by atoms with E-state index < -0.39 is 10.8 Å². The molecule has 1 heterocycles. The molecule has 1 rings (SSSR count). The maximum absolute atomic E-state index is 11.3. The van der Waals surface area contributed by atoms with Crippen molar-refractivity contribution in [1.29, 1.82) is 0 Å². The first kappa shape index (κ1) is 10.2. The van der Waals surface area contributed by atoms with Gasteiger partial charge < -0.3 is 10.5 Å². The summed E-state index contributed by atoms with van der Waals surface area (Å²) < 4.78 is 16.5. The Labute approximate surface area is 76.1 Å². The molecule has 3 nitrogen and oxygen atoms in total. The highest BCUT2D eigenvalue weighted by atomic mass is 32.2. The van der Waals surface area contributed by atoms with Crippen LogP contribution in [-0.2, 0) is 15.5 Å². The Kier molecular flexibility index (Phi) is 4.80. The third kappa shape index (κ3) is 3.65. The van der Waals surface area contributed by atoms with Crippen molar-refractivity contribution in [2.24, 2.45) is 11.7 Å². The Balaban J connectivity index is 2.15. The standard InChI is InChI=1S/C8H17NO2S/c9-3-6-12(10)7-8-1-4-11-5-2-8/h8H,1-7,9H2. The molecule has 0 spiro atoms. The summed E-state index contributed by atoms with van der Waals surface area (Å²) in [7, 11) is -0.698. The summed E-state index contributed by atoms with van der Waals surface area (Å²) in [6, 6.07) is 0. The molecule has 2 N–H and O–H groups in total. The predicted molar refractivity (Wildman–Crippen MR) is 50.5 cm³/mol. The molecule has 1 fully saturated rings. The minimum Gasteiger partial charge on any atom is -0.381 e. The van der Waals surface area contributed by atoms with E-state index >= 15 is 0 Å². The highest BCUT2D eigenvalue weighted by Crippen LogP contribution is 2.15. The first-order valence-corrected chi connectivity index (χ1v) is 5.94. The van der Waals surface area contributed by atoms with Gasteiger partial charge in [-0.15, -0.1) is 0 Å². The average molecular weight is 191 g/mol. The second kappa shape index (κ2) is 5.67. The molecule has 0 aliphatic carbocycles. The third-order valence-corrected chi connectivity index (χ3v) is 3.64. The van der Waals surface area contributed by atoms with Crippen molar-refractivity contribution >= 4 is 10.8 Å². The van der Waals surface area contributed by atoms with E-state index in [-0.39, 0.29) is 0 Å². The fourth-order valence-corrected chi connectivity index (χ4v) is 2.68. The molecule has 0 aromatic rings. The molecule has 1 saturated heterocycles. The summed E-state index contributed by atoms with van der Waals surface area (Å²) in [5.41, 5.74) is 5.32. The lowest BCUT2D eigenvalue weighted by Gasteiger charge is -2.21. The maximum Gasteiger partial charge on any atom is 0.0469 e. The van der Waals surface area contributed by atoms with E-state index in [1.165, 1.54) is 0 Å². The lowest BCUT2D eigenvalue weighted by Crippen LogP contribution is -2.23. The summed E-state index contributed by atoms with van der Waals surface area (Å²) >= 11 is 0. The molecule has 0 aromatic carbocycles. The summed E-state index contributed by atoms with van der Waals surface area (Å²) in [5.74, 6) is 2.07. The molecule has 4 heteroatoms. The van der Waals surface area contributed by atoms with Gasteiger partial charge in [0.25, 0.3) is 0 Å². The monoisotopic (exact) mass is 191 g/mol. The van der Waals surface area contributed by atoms with Gasteiger partial charge in [-0.2, -0.15) is 0 Å². The van der Waals surface area contributed by atoms with Crippen LogP contribution in [0.25, 0.3) is 0 Å². The number of rotatable bonds is 4. The van der Waals surface area contributed by atoms with Crippen LogP contribution in [0.5, 0.6) is 0 Å². The van der Waals surface area contributed by atoms with Gasteiger partial charge in [-0.1, -0.05) is 0 Å². The second-order valence-corrected chi connectivity index (χ2v) is 4.78. The number of ether oxygens (including phenoxy) is 1. The number of hydrogen-bond donors (Lipinski definition) is 1. The first-order valence-electron chi connectivity index (χ1n) is 4.45. The van der Waals surface area contributed by atoms with Crippen LogP contribution >= 0.6 is 0 Å². The summed E-state index contributed by atoms with van der Waals surface area (Å²) in [4.78, 5) is 0. The Morgan fingerprint density at radius 2 is 2.08 bits per heavy atom. The Morgan fingerprint density at radius 1 is 1.42 bits per heavy atom.